The van der Waals surface area contributed by atoms with Crippen molar-refractivity contribution >= 4 is 33.7 Å². The standard InChI is InChI=1S/C19H29N3O3S2/c1-4-5-6-7-8-9-16(22-27(24)25)17(18(23)21-19(26)20-3)15-12-10-14(2)11-13-15/h10-13,16-17H,4-9H2,1-3H3,(H2,20,21,23,26). The van der Waals surface area contributed by atoms with Crippen LogP contribution in [0.1, 0.15) is 62.5 Å². The largest absolute Gasteiger partial charge is 0.365 e. The minimum Gasteiger partial charge on any atom is -0.365 e. The number of rotatable bonds is 10. The highest BCUT2D eigenvalue weighted by Gasteiger charge is 2.30. The Morgan fingerprint density at radius 1 is 1.15 bits per heavy atom. The van der Waals surface area contributed by atoms with Gasteiger partial charge in [0.1, 0.15) is 0 Å². The fraction of sp³-hybridized carbons (Fsp3) is 0.579. The van der Waals surface area contributed by atoms with Crippen molar-refractivity contribution in [2.45, 2.75) is 64.3 Å². The Hall–Kier alpha value is -1.80. The van der Waals surface area contributed by atoms with E-state index in [1.54, 1.807) is 7.05 Å². The van der Waals surface area contributed by atoms with E-state index in [0.717, 1.165) is 43.2 Å². The fourth-order valence-corrected chi connectivity index (χ4v) is 3.47. The maximum Gasteiger partial charge on any atom is 0.311 e. The first-order valence-corrected chi connectivity index (χ1v) is 10.7. The van der Waals surface area contributed by atoms with Crippen LogP contribution in [0.15, 0.2) is 28.6 Å². The van der Waals surface area contributed by atoms with E-state index >= 15 is 0 Å². The van der Waals surface area contributed by atoms with Crippen molar-refractivity contribution in [2.24, 2.45) is 4.36 Å². The number of nitrogens with zero attached hydrogens (tertiary/aromatic N) is 1. The molecule has 0 saturated heterocycles. The quantitative estimate of drug-likeness (QED) is 0.454. The molecule has 0 aliphatic carbocycles. The van der Waals surface area contributed by atoms with E-state index < -0.39 is 22.5 Å². The fourth-order valence-electron chi connectivity index (χ4n) is 2.92. The van der Waals surface area contributed by atoms with Crippen LogP contribution < -0.4 is 10.6 Å². The molecule has 1 aromatic rings. The van der Waals surface area contributed by atoms with Crippen molar-refractivity contribution in [1.29, 1.82) is 0 Å². The summed E-state index contributed by atoms with van der Waals surface area (Å²) < 4.78 is 26.4. The second-order valence-electron chi connectivity index (χ2n) is 6.55. The Labute approximate surface area is 168 Å². The normalized spacial score (nSPS) is 12.7. The molecule has 0 bridgehead atoms. The summed E-state index contributed by atoms with van der Waals surface area (Å²) in [6, 6.07) is 6.83. The third-order valence-electron chi connectivity index (χ3n) is 4.39. The van der Waals surface area contributed by atoms with E-state index in [9.17, 15) is 13.2 Å². The molecule has 0 aliphatic heterocycles. The zero-order valence-electron chi connectivity index (χ0n) is 16.2. The Morgan fingerprint density at radius 3 is 2.33 bits per heavy atom. The molecular formula is C19H29N3O3S2. The number of benzene rings is 1. The summed E-state index contributed by atoms with van der Waals surface area (Å²) in [5, 5.41) is 5.53. The number of nitrogens with one attached hydrogen (secondary N) is 2. The van der Waals surface area contributed by atoms with E-state index in [2.05, 4.69) is 21.9 Å². The van der Waals surface area contributed by atoms with Gasteiger partial charge in [0.05, 0.1) is 12.0 Å². The van der Waals surface area contributed by atoms with Crippen LogP contribution in [0.3, 0.4) is 0 Å². The lowest BCUT2D eigenvalue weighted by Crippen LogP contribution is -2.42. The van der Waals surface area contributed by atoms with Gasteiger partial charge in [-0.3, -0.25) is 4.79 Å². The number of unbranched alkanes of at least 4 members (excludes halogenated alkanes) is 4. The molecule has 150 valence electrons. The number of aryl methyl sites for hydroxylation is 1. The van der Waals surface area contributed by atoms with Gasteiger partial charge >= 0.3 is 10.5 Å². The Balaban J connectivity index is 3.12. The first-order valence-electron chi connectivity index (χ1n) is 9.28. The third-order valence-corrected chi connectivity index (χ3v) is 5.14. The molecule has 1 amide bonds. The number of hydrogen-bond donors (Lipinski definition) is 2. The van der Waals surface area contributed by atoms with Gasteiger partial charge in [0, 0.05) is 7.05 Å². The lowest BCUT2D eigenvalue weighted by molar-refractivity contribution is -0.121. The maximum atomic E-state index is 12.9. The summed E-state index contributed by atoms with van der Waals surface area (Å²) >= 11 is 5.04. The molecule has 0 saturated carbocycles. The molecular weight excluding hydrogens is 382 g/mol. The van der Waals surface area contributed by atoms with E-state index in [1.807, 2.05) is 31.2 Å². The molecule has 1 rings (SSSR count). The summed E-state index contributed by atoms with van der Waals surface area (Å²) in [5.74, 6) is -1.08. The van der Waals surface area contributed by atoms with Gasteiger partial charge in [0.2, 0.25) is 5.91 Å². The molecule has 1 aromatic carbocycles. The molecule has 27 heavy (non-hydrogen) atoms. The molecule has 0 aromatic heterocycles. The van der Waals surface area contributed by atoms with Crippen molar-refractivity contribution in [2.75, 3.05) is 7.05 Å². The zero-order valence-corrected chi connectivity index (χ0v) is 17.8. The topological polar surface area (TPSA) is 87.6 Å². The van der Waals surface area contributed by atoms with Crippen LogP contribution in [0.25, 0.3) is 0 Å². The first kappa shape index (κ1) is 23.2. The van der Waals surface area contributed by atoms with Gasteiger partial charge in [0.25, 0.3) is 0 Å². The molecule has 0 heterocycles. The van der Waals surface area contributed by atoms with E-state index in [1.165, 1.54) is 0 Å². The minimum absolute atomic E-state index is 0.196. The van der Waals surface area contributed by atoms with Gasteiger partial charge in [-0.2, -0.15) is 12.8 Å². The second kappa shape index (κ2) is 12.6. The lowest BCUT2D eigenvalue weighted by atomic mass is 9.87. The van der Waals surface area contributed by atoms with Crippen molar-refractivity contribution in [1.82, 2.24) is 10.6 Å². The van der Waals surface area contributed by atoms with Crippen LogP contribution in [0.4, 0.5) is 0 Å². The molecule has 8 heteroatoms. The summed E-state index contributed by atoms with van der Waals surface area (Å²) in [7, 11) is -0.971. The second-order valence-corrected chi connectivity index (χ2v) is 7.60. The van der Waals surface area contributed by atoms with Gasteiger partial charge < -0.3 is 10.6 Å². The number of amides is 1. The highest BCUT2D eigenvalue weighted by atomic mass is 32.2. The summed E-state index contributed by atoms with van der Waals surface area (Å²) in [6.07, 6.45) is 5.70. The monoisotopic (exact) mass is 411 g/mol. The average Bonchev–Trinajstić information content (AvgIpc) is 2.62. The van der Waals surface area contributed by atoms with Crippen molar-refractivity contribution in [3.63, 3.8) is 0 Å². The predicted octanol–water partition coefficient (Wildman–Crippen LogP) is 3.49. The summed E-state index contributed by atoms with van der Waals surface area (Å²) in [4.78, 5) is 12.9. The van der Waals surface area contributed by atoms with Crippen LogP contribution in [-0.4, -0.2) is 32.5 Å². The average molecular weight is 412 g/mol. The Morgan fingerprint density at radius 2 is 1.78 bits per heavy atom. The number of carbonyl (C=O) groups excluding carboxylic acids is 1. The minimum atomic E-state index is -2.59. The number of carbonyl (C=O) groups is 1. The molecule has 2 N–H and O–H groups in total. The number of thiocarbonyl (C=S) groups is 1. The summed E-state index contributed by atoms with van der Waals surface area (Å²) in [6.45, 7) is 4.10. The van der Waals surface area contributed by atoms with Crippen LogP contribution >= 0.6 is 12.2 Å². The first-order chi connectivity index (χ1) is 12.9. The van der Waals surface area contributed by atoms with E-state index in [-0.39, 0.29) is 11.0 Å². The number of hydrogen-bond acceptors (Lipinski definition) is 5. The molecule has 6 nitrogen and oxygen atoms in total. The van der Waals surface area contributed by atoms with Gasteiger partial charge in [-0.1, -0.05) is 68.9 Å². The molecule has 0 aliphatic rings. The van der Waals surface area contributed by atoms with Gasteiger partial charge in [-0.25, -0.2) is 0 Å². The highest BCUT2D eigenvalue weighted by molar-refractivity contribution is 7.80. The third kappa shape index (κ3) is 8.62. The van der Waals surface area contributed by atoms with Gasteiger partial charge in [-0.15, -0.1) is 0 Å². The van der Waals surface area contributed by atoms with Crippen molar-refractivity contribution < 1.29 is 13.2 Å². The molecule has 0 spiro atoms. The summed E-state index contributed by atoms with van der Waals surface area (Å²) in [5.41, 5.74) is 1.79. The van der Waals surface area contributed by atoms with Crippen molar-refractivity contribution in [3.05, 3.63) is 35.4 Å². The van der Waals surface area contributed by atoms with Crippen LogP contribution in [0.5, 0.6) is 0 Å². The molecule has 2 atom stereocenters. The molecule has 0 fully saturated rings. The van der Waals surface area contributed by atoms with Crippen LogP contribution in [0.2, 0.25) is 0 Å². The Kier molecular flexibility index (Phi) is 10.8. The van der Waals surface area contributed by atoms with E-state index in [4.69, 9.17) is 12.2 Å². The molecule has 2 unspecified atom stereocenters. The SMILES string of the molecule is CCCCCCCC(N=S(=O)=O)C(C(=O)NC(=S)NC)c1ccc(C)cc1. The smallest absolute Gasteiger partial charge is 0.311 e. The lowest BCUT2D eigenvalue weighted by Gasteiger charge is -2.23. The van der Waals surface area contributed by atoms with Crippen molar-refractivity contribution in [3.8, 4) is 0 Å². The van der Waals surface area contributed by atoms with Crippen LogP contribution in [-0.2, 0) is 15.3 Å². The van der Waals surface area contributed by atoms with E-state index in [0.29, 0.717) is 6.42 Å². The Bertz CT molecular complexity index is 738. The maximum absolute atomic E-state index is 12.9. The van der Waals surface area contributed by atoms with Crippen LogP contribution in [0, 0.1) is 6.92 Å². The predicted molar refractivity (Wildman–Crippen MR) is 112 cm³/mol. The zero-order chi connectivity index (χ0) is 20.2. The van der Waals surface area contributed by atoms with Gasteiger partial charge in [-0.05, 0) is 31.1 Å². The highest BCUT2D eigenvalue weighted by Crippen LogP contribution is 2.27. The van der Waals surface area contributed by atoms with Gasteiger partial charge in [0.15, 0.2) is 5.11 Å². The molecule has 0 radical (unpaired) electrons.